The van der Waals surface area contributed by atoms with Crippen molar-refractivity contribution in [3.63, 3.8) is 0 Å². The van der Waals surface area contributed by atoms with Crippen LogP contribution in [0.3, 0.4) is 0 Å². The van der Waals surface area contributed by atoms with Crippen LogP contribution >= 0.6 is 23.8 Å². The summed E-state index contributed by atoms with van der Waals surface area (Å²) in [7, 11) is 2.04. The molecule has 0 aliphatic heterocycles. The summed E-state index contributed by atoms with van der Waals surface area (Å²) in [5, 5.41) is 0.617. The van der Waals surface area contributed by atoms with Crippen LogP contribution in [0.4, 0.5) is 5.69 Å². The van der Waals surface area contributed by atoms with Crippen molar-refractivity contribution in [3.05, 3.63) is 28.8 Å². The van der Waals surface area contributed by atoms with Crippen LogP contribution in [-0.2, 0) is 0 Å². The van der Waals surface area contributed by atoms with Crippen LogP contribution in [0.2, 0.25) is 5.02 Å². The van der Waals surface area contributed by atoms with E-state index < -0.39 is 0 Å². The van der Waals surface area contributed by atoms with Crippen molar-refractivity contribution in [2.45, 2.75) is 20.3 Å². The molecule has 0 bridgehead atoms. The molecule has 0 heterocycles. The number of anilines is 1. The fourth-order valence-electron chi connectivity index (χ4n) is 1.65. The number of nitrogens with two attached hydrogens (primary N) is 1. The van der Waals surface area contributed by atoms with E-state index in [4.69, 9.17) is 29.6 Å². The van der Waals surface area contributed by atoms with Gasteiger partial charge >= 0.3 is 0 Å². The van der Waals surface area contributed by atoms with E-state index in [-0.39, 0.29) is 0 Å². The first-order valence-corrected chi connectivity index (χ1v) is 6.51. The molecule has 2 nitrogen and oxygen atoms in total. The molecule has 1 aromatic rings. The minimum atomic E-state index is 0.349. The molecule has 0 unspecified atom stereocenters. The molecule has 0 saturated carbocycles. The molecule has 1 aromatic carbocycles. The van der Waals surface area contributed by atoms with E-state index in [9.17, 15) is 0 Å². The predicted molar refractivity (Wildman–Crippen MR) is 80.1 cm³/mol. The first-order chi connectivity index (χ1) is 7.93. The third kappa shape index (κ3) is 3.86. The molecule has 0 spiro atoms. The highest BCUT2D eigenvalue weighted by atomic mass is 35.5. The van der Waals surface area contributed by atoms with Gasteiger partial charge in [-0.3, -0.25) is 0 Å². The maximum absolute atomic E-state index is 6.14. The number of nitrogens with zero attached hydrogens (tertiary/aromatic N) is 1. The van der Waals surface area contributed by atoms with Gasteiger partial charge in [-0.2, -0.15) is 0 Å². The van der Waals surface area contributed by atoms with Crippen LogP contribution in [0.25, 0.3) is 0 Å². The molecule has 0 atom stereocenters. The van der Waals surface area contributed by atoms with Gasteiger partial charge < -0.3 is 10.6 Å². The lowest BCUT2D eigenvalue weighted by Crippen LogP contribution is -2.24. The van der Waals surface area contributed by atoms with Crippen LogP contribution in [0.1, 0.15) is 25.8 Å². The lowest BCUT2D eigenvalue weighted by molar-refractivity contribution is 0.585. The molecule has 0 amide bonds. The van der Waals surface area contributed by atoms with Crippen molar-refractivity contribution in [2.75, 3.05) is 18.5 Å². The lowest BCUT2D eigenvalue weighted by Gasteiger charge is -2.23. The van der Waals surface area contributed by atoms with Crippen LogP contribution < -0.4 is 10.6 Å². The van der Waals surface area contributed by atoms with Gasteiger partial charge in [-0.1, -0.05) is 43.7 Å². The van der Waals surface area contributed by atoms with Gasteiger partial charge in [-0.05, 0) is 24.5 Å². The summed E-state index contributed by atoms with van der Waals surface area (Å²) in [6.07, 6.45) is 1.12. The average molecular weight is 271 g/mol. The number of thiocarbonyl (C=S) groups is 1. The number of rotatable bonds is 5. The first kappa shape index (κ1) is 14.3. The highest BCUT2D eigenvalue weighted by Gasteiger charge is 2.13. The van der Waals surface area contributed by atoms with Crippen molar-refractivity contribution in [1.82, 2.24) is 0 Å². The normalized spacial score (nSPS) is 10.6. The van der Waals surface area contributed by atoms with Gasteiger partial charge in [-0.25, -0.2) is 0 Å². The molecular formula is C13H19ClN2S. The van der Waals surface area contributed by atoms with Gasteiger partial charge in [0.15, 0.2) is 0 Å². The summed E-state index contributed by atoms with van der Waals surface area (Å²) in [6, 6.07) is 5.74. The minimum absolute atomic E-state index is 0.349. The molecule has 17 heavy (non-hydrogen) atoms. The van der Waals surface area contributed by atoms with E-state index in [1.807, 2.05) is 25.2 Å². The third-order valence-corrected chi connectivity index (χ3v) is 3.21. The molecule has 0 radical (unpaired) electrons. The number of halogens is 1. The zero-order valence-corrected chi connectivity index (χ0v) is 12.1. The second kappa shape index (κ2) is 6.22. The Labute approximate surface area is 114 Å². The van der Waals surface area contributed by atoms with Crippen LogP contribution in [-0.4, -0.2) is 18.6 Å². The third-order valence-electron chi connectivity index (χ3n) is 2.69. The van der Waals surface area contributed by atoms with Gasteiger partial charge in [0.2, 0.25) is 0 Å². The van der Waals surface area contributed by atoms with Gasteiger partial charge in [0.25, 0.3) is 0 Å². The largest absolute Gasteiger partial charge is 0.389 e. The summed E-state index contributed by atoms with van der Waals surface area (Å²) in [5.74, 6) is 0.671. The molecule has 0 aromatic heterocycles. The molecular weight excluding hydrogens is 252 g/mol. The molecule has 0 aliphatic carbocycles. The fourth-order valence-corrected chi connectivity index (χ4v) is 2.19. The summed E-state index contributed by atoms with van der Waals surface area (Å²) in [4.78, 5) is 2.50. The quantitative estimate of drug-likeness (QED) is 0.831. The Morgan fingerprint density at radius 1 is 1.47 bits per heavy atom. The average Bonchev–Trinajstić information content (AvgIpc) is 2.24. The molecule has 1 rings (SSSR count). The molecule has 94 valence electrons. The van der Waals surface area contributed by atoms with E-state index >= 15 is 0 Å². The Bertz CT molecular complexity index is 404. The number of hydrogen-bond donors (Lipinski definition) is 1. The second-order valence-electron chi connectivity index (χ2n) is 4.60. The first-order valence-electron chi connectivity index (χ1n) is 5.73. The van der Waals surface area contributed by atoms with Crippen molar-refractivity contribution in [2.24, 2.45) is 11.7 Å². The number of hydrogen-bond acceptors (Lipinski definition) is 2. The summed E-state index contributed by atoms with van der Waals surface area (Å²) in [6.45, 7) is 5.38. The van der Waals surface area contributed by atoms with Gasteiger partial charge in [0.1, 0.15) is 4.99 Å². The Kier molecular flexibility index (Phi) is 5.22. The van der Waals surface area contributed by atoms with Gasteiger partial charge in [0, 0.05) is 19.3 Å². The predicted octanol–water partition coefficient (Wildman–Crippen LogP) is 3.46. The Hall–Kier alpha value is -0.800. The highest BCUT2D eigenvalue weighted by Crippen LogP contribution is 2.27. The monoisotopic (exact) mass is 270 g/mol. The number of benzene rings is 1. The minimum Gasteiger partial charge on any atom is -0.389 e. The van der Waals surface area contributed by atoms with Crippen LogP contribution in [0, 0.1) is 5.92 Å². The maximum Gasteiger partial charge on any atom is 0.107 e. The standard InChI is InChI=1S/C13H19ClN2S/c1-9(2)7-8-16(3)11-6-4-5-10(14)12(11)13(15)17/h4-6,9H,7-8H2,1-3H3,(H2,15,17). The van der Waals surface area contributed by atoms with Crippen LogP contribution in [0.5, 0.6) is 0 Å². The Balaban J connectivity index is 2.96. The van der Waals surface area contributed by atoms with E-state index in [0.717, 1.165) is 24.2 Å². The fraction of sp³-hybridized carbons (Fsp3) is 0.462. The molecule has 0 aliphatic rings. The molecule has 2 N–H and O–H groups in total. The topological polar surface area (TPSA) is 29.3 Å². The molecule has 0 saturated heterocycles. The summed E-state index contributed by atoms with van der Waals surface area (Å²) >= 11 is 11.2. The van der Waals surface area contributed by atoms with Gasteiger partial charge in [0.05, 0.1) is 10.6 Å². The van der Waals surface area contributed by atoms with Gasteiger partial charge in [-0.15, -0.1) is 0 Å². The summed E-state index contributed by atoms with van der Waals surface area (Å²) < 4.78 is 0. The Morgan fingerprint density at radius 3 is 2.65 bits per heavy atom. The Morgan fingerprint density at radius 2 is 2.12 bits per heavy atom. The van der Waals surface area contributed by atoms with Crippen LogP contribution in [0.15, 0.2) is 18.2 Å². The van der Waals surface area contributed by atoms with Crippen molar-refractivity contribution >= 4 is 34.5 Å². The van der Waals surface area contributed by atoms with E-state index in [2.05, 4.69) is 18.7 Å². The van der Waals surface area contributed by atoms with E-state index in [1.165, 1.54) is 0 Å². The zero-order chi connectivity index (χ0) is 13.0. The summed E-state index contributed by atoms with van der Waals surface area (Å²) in [5.41, 5.74) is 7.51. The smallest absolute Gasteiger partial charge is 0.107 e. The zero-order valence-electron chi connectivity index (χ0n) is 10.5. The van der Waals surface area contributed by atoms with Crippen molar-refractivity contribution < 1.29 is 0 Å². The maximum atomic E-state index is 6.14. The SMILES string of the molecule is CC(C)CCN(C)c1cccc(Cl)c1C(N)=S. The molecule has 4 heteroatoms. The lowest BCUT2D eigenvalue weighted by atomic mass is 10.1. The second-order valence-corrected chi connectivity index (χ2v) is 5.45. The van der Waals surface area contributed by atoms with Crippen molar-refractivity contribution in [1.29, 1.82) is 0 Å². The van der Waals surface area contributed by atoms with E-state index in [0.29, 0.717) is 15.9 Å². The van der Waals surface area contributed by atoms with E-state index in [1.54, 1.807) is 0 Å². The highest BCUT2D eigenvalue weighted by molar-refractivity contribution is 7.80. The molecule has 0 fully saturated rings. The van der Waals surface area contributed by atoms with Crippen molar-refractivity contribution in [3.8, 4) is 0 Å².